The Morgan fingerprint density at radius 3 is 2.78 bits per heavy atom. The predicted octanol–water partition coefficient (Wildman–Crippen LogP) is -1.52. The maximum Gasteiger partial charge on any atom is 0.284 e. The van der Waals surface area contributed by atoms with Gasteiger partial charge >= 0.3 is 0 Å². The molecule has 1 atom stereocenters. The molecule has 2 saturated heterocycles. The van der Waals surface area contributed by atoms with Gasteiger partial charge in [0, 0.05) is 12.4 Å². The Balaban J connectivity index is 1.97. The van der Waals surface area contributed by atoms with Crippen molar-refractivity contribution in [3.8, 4) is 0 Å². The summed E-state index contributed by atoms with van der Waals surface area (Å²) in [5, 5.41) is 22.0. The smallest absolute Gasteiger partial charge is 0.284 e. The number of nitrogens with one attached hydrogen (secondary N) is 2. The van der Waals surface area contributed by atoms with E-state index in [1.54, 1.807) is 0 Å². The lowest BCUT2D eigenvalue weighted by atomic mass is 10.3. The minimum absolute atomic E-state index is 0.202. The normalized spacial score (nSPS) is 27.7. The van der Waals surface area contributed by atoms with Gasteiger partial charge in [-0.05, 0) is 0 Å². The SMILES string of the molecule is O=C([O-])C[C@H]1S/C(=N\N=C2/CSC(=O)N2)NC1=O. The molecule has 2 N–H and O–H groups in total. The van der Waals surface area contributed by atoms with Crippen LogP contribution in [0, 0.1) is 0 Å². The maximum atomic E-state index is 11.3. The molecular weight excluding hydrogens is 280 g/mol. The highest BCUT2D eigenvalue weighted by Gasteiger charge is 2.30. The molecule has 0 aromatic carbocycles. The molecule has 0 radical (unpaired) electrons. The van der Waals surface area contributed by atoms with Crippen molar-refractivity contribution in [2.45, 2.75) is 11.7 Å². The first-order valence-corrected chi connectivity index (χ1v) is 6.67. The third kappa shape index (κ3) is 3.23. The molecule has 2 heterocycles. The van der Waals surface area contributed by atoms with Crippen molar-refractivity contribution in [2.24, 2.45) is 10.2 Å². The fraction of sp³-hybridized carbons (Fsp3) is 0.375. The first-order valence-electron chi connectivity index (χ1n) is 4.80. The van der Waals surface area contributed by atoms with Crippen LogP contribution in [0.5, 0.6) is 0 Å². The molecule has 10 heteroatoms. The maximum absolute atomic E-state index is 11.3. The van der Waals surface area contributed by atoms with Gasteiger partial charge in [0.15, 0.2) is 5.17 Å². The summed E-state index contributed by atoms with van der Waals surface area (Å²) in [6.07, 6.45) is -0.376. The van der Waals surface area contributed by atoms with E-state index in [-0.39, 0.29) is 16.8 Å². The van der Waals surface area contributed by atoms with Crippen LogP contribution in [0.4, 0.5) is 4.79 Å². The number of carboxylic acid groups (broad SMARTS) is 1. The molecule has 2 aliphatic rings. The topological polar surface area (TPSA) is 123 Å². The monoisotopic (exact) mass is 287 g/mol. The minimum Gasteiger partial charge on any atom is -0.550 e. The third-order valence-corrected chi connectivity index (χ3v) is 3.83. The van der Waals surface area contributed by atoms with Gasteiger partial charge in [0.1, 0.15) is 5.84 Å². The van der Waals surface area contributed by atoms with E-state index >= 15 is 0 Å². The van der Waals surface area contributed by atoms with Gasteiger partial charge in [0.25, 0.3) is 5.24 Å². The molecule has 0 aliphatic carbocycles. The summed E-state index contributed by atoms with van der Waals surface area (Å²) in [5.41, 5.74) is 0. The lowest BCUT2D eigenvalue weighted by Gasteiger charge is -2.04. The fourth-order valence-corrected chi connectivity index (χ4v) is 2.71. The van der Waals surface area contributed by atoms with Gasteiger partial charge in [-0.3, -0.25) is 9.59 Å². The van der Waals surface area contributed by atoms with Crippen LogP contribution in [-0.4, -0.2) is 39.1 Å². The summed E-state index contributed by atoms with van der Waals surface area (Å²) in [4.78, 5) is 32.6. The molecule has 0 spiro atoms. The molecule has 2 rings (SSSR count). The molecule has 0 unspecified atom stereocenters. The molecule has 2 fully saturated rings. The largest absolute Gasteiger partial charge is 0.550 e. The van der Waals surface area contributed by atoms with Crippen molar-refractivity contribution in [1.29, 1.82) is 0 Å². The van der Waals surface area contributed by atoms with E-state index in [1.807, 2.05) is 0 Å². The standard InChI is InChI=1S/C8H8N4O4S2/c13-5(14)1-3-6(15)10-7(18-3)12-11-4-2-17-8(16)9-4/h3H,1-2H2,(H,13,14)(H,9,11,16)(H,10,12,15)/p-1/t3-/m1/s1. The third-order valence-electron chi connectivity index (χ3n) is 1.98. The van der Waals surface area contributed by atoms with E-state index in [1.165, 1.54) is 0 Å². The van der Waals surface area contributed by atoms with Gasteiger partial charge in [-0.1, -0.05) is 23.5 Å². The Bertz CT molecular complexity index is 476. The van der Waals surface area contributed by atoms with Gasteiger partial charge < -0.3 is 20.5 Å². The Hall–Kier alpha value is -1.55. The molecule has 96 valence electrons. The lowest BCUT2D eigenvalue weighted by molar-refractivity contribution is -0.305. The van der Waals surface area contributed by atoms with Crippen LogP contribution in [0.15, 0.2) is 10.2 Å². The Morgan fingerprint density at radius 2 is 2.17 bits per heavy atom. The molecule has 0 aromatic rings. The van der Waals surface area contributed by atoms with Crippen molar-refractivity contribution in [3.63, 3.8) is 0 Å². The fourth-order valence-electron chi connectivity index (χ4n) is 1.22. The number of amidine groups is 2. The zero-order valence-corrected chi connectivity index (χ0v) is 10.5. The van der Waals surface area contributed by atoms with Crippen molar-refractivity contribution < 1.29 is 19.5 Å². The number of hydrogen-bond donors (Lipinski definition) is 2. The number of amides is 2. The van der Waals surface area contributed by atoms with Crippen molar-refractivity contribution >= 4 is 51.6 Å². The van der Waals surface area contributed by atoms with Crippen LogP contribution in [0.25, 0.3) is 0 Å². The number of carbonyl (C=O) groups excluding carboxylic acids is 3. The first-order chi connectivity index (χ1) is 8.54. The minimum atomic E-state index is -1.30. The molecule has 2 aliphatic heterocycles. The van der Waals surface area contributed by atoms with E-state index in [2.05, 4.69) is 20.8 Å². The summed E-state index contributed by atoms with van der Waals surface area (Å²) >= 11 is 2.04. The number of carbonyl (C=O) groups is 3. The Kier molecular flexibility index (Phi) is 3.87. The molecule has 2 amide bonds. The number of thioether (sulfide) groups is 2. The quantitative estimate of drug-likeness (QED) is 0.608. The Labute approximate surface area is 110 Å². The molecule has 0 aromatic heterocycles. The van der Waals surface area contributed by atoms with Gasteiger partial charge in [0.05, 0.1) is 11.0 Å². The first kappa shape index (κ1) is 12.9. The van der Waals surface area contributed by atoms with Crippen LogP contribution in [0.1, 0.15) is 6.42 Å². The second-order valence-corrected chi connectivity index (χ2v) is 5.46. The summed E-state index contributed by atoms with van der Waals surface area (Å²) in [6, 6.07) is 0. The number of hydrogen-bond acceptors (Lipinski definition) is 8. The molecule has 18 heavy (non-hydrogen) atoms. The van der Waals surface area contributed by atoms with Crippen molar-refractivity contribution in [3.05, 3.63) is 0 Å². The van der Waals surface area contributed by atoms with Gasteiger partial charge in [-0.25, -0.2) is 0 Å². The molecule has 8 nitrogen and oxygen atoms in total. The highest BCUT2D eigenvalue weighted by molar-refractivity contribution is 8.15. The number of nitrogens with zero attached hydrogens (tertiary/aromatic N) is 2. The van der Waals surface area contributed by atoms with Crippen LogP contribution < -0.4 is 15.7 Å². The second-order valence-electron chi connectivity index (χ2n) is 3.32. The lowest BCUT2D eigenvalue weighted by Crippen LogP contribution is -2.31. The predicted molar refractivity (Wildman–Crippen MR) is 65.0 cm³/mol. The Morgan fingerprint density at radius 1 is 1.39 bits per heavy atom. The van der Waals surface area contributed by atoms with E-state index in [0.717, 1.165) is 23.5 Å². The van der Waals surface area contributed by atoms with Crippen LogP contribution in [-0.2, 0) is 9.59 Å². The number of aliphatic carboxylic acids is 1. The highest BCUT2D eigenvalue weighted by Crippen LogP contribution is 2.22. The van der Waals surface area contributed by atoms with Crippen molar-refractivity contribution in [2.75, 3.05) is 5.75 Å². The van der Waals surface area contributed by atoms with Crippen LogP contribution in [0.3, 0.4) is 0 Å². The zero-order chi connectivity index (χ0) is 13.1. The van der Waals surface area contributed by atoms with Gasteiger partial charge in [0.2, 0.25) is 5.91 Å². The molecule has 0 bridgehead atoms. The summed E-state index contributed by atoms with van der Waals surface area (Å²) in [5.74, 6) is -0.935. The summed E-state index contributed by atoms with van der Waals surface area (Å²) in [7, 11) is 0. The zero-order valence-electron chi connectivity index (χ0n) is 8.84. The average Bonchev–Trinajstić information content (AvgIpc) is 2.83. The second kappa shape index (κ2) is 5.40. The summed E-state index contributed by atoms with van der Waals surface area (Å²) in [6.45, 7) is 0. The highest BCUT2D eigenvalue weighted by atomic mass is 32.2. The summed E-state index contributed by atoms with van der Waals surface area (Å²) < 4.78 is 0. The van der Waals surface area contributed by atoms with Gasteiger partial charge in [-0.15, -0.1) is 10.2 Å². The number of carboxylic acids is 1. The van der Waals surface area contributed by atoms with Crippen LogP contribution >= 0.6 is 23.5 Å². The van der Waals surface area contributed by atoms with E-state index in [9.17, 15) is 19.5 Å². The van der Waals surface area contributed by atoms with Gasteiger partial charge in [-0.2, -0.15) is 0 Å². The van der Waals surface area contributed by atoms with Crippen molar-refractivity contribution in [1.82, 2.24) is 10.6 Å². The molecular formula is C8H7N4O4S2-. The average molecular weight is 287 g/mol. The van der Waals surface area contributed by atoms with E-state index in [4.69, 9.17) is 0 Å². The van der Waals surface area contributed by atoms with Crippen LogP contribution in [0.2, 0.25) is 0 Å². The number of rotatable bonds is 3. The molecule has 0 saturated carbocycles. The van der Waals surface area contributed by atoms with E-state index in [0.29, 0.717) is 11.6 Å². The van der Waals surface area contributed by atoms with E-state index < -0.39 is 17.1 Å².